The second-order valence-electron chi connectivity index (χ2n) is 5.35. The zero-order valence-electron chi connectivity index (χ0n) is 13.1. The number of nitro groups is 1. The molecule has 0 radical (unpaired) electrons. The van der Waals surface area contributed by atoms with E-state index in [-0.39, 0.29) is 17.6 Å². The summed E-state index contributed by atoms with van der Waals surface area (Å²) in [6, 6.07) is 9.86. The monoisotopic (exact) mass is 356 g/mol. The molecule has 0 fully saturated rings. The first-order chi connectivity index (χ1) is 11.8. The highest BCUT2D eigenvalue weighted by Crippen LogP contribution is 2.35. The maximum atomic E-state index is 11.5. The lowest BCUT2D eigenvalue weighted by Gasteiger charge is -2.09. The first kappa shape index (κ1) is 16.6. The van der Waals surface area contributed by atoms with Crippen LogP contribution in [0.25, 0.3) is 22.2 Å². The van der Waals surface area contributed by atoms with E-state index in [0.717, 1.165) is 5.56 Å². The van der Waals surface area contributed by atoms with Gasteiger partial charge >= 0.3 is 0 Å². The van der Waals surface area contributed by atoms with Gasteiger partial charge < -0.3 is 11.5 Å². The van der Waals surface area contributed by atoms with Gasteiger partial charge in [-0.2, -0.15) is 4.99 Å². The summed E-state index contributed by atoms with van der Waals surface area (Å²) in [6.45, 7) is 1.77. The topological polar surface area (TPSA) is 133 Å². The molecular formula is C16H13ClN6O2. The Labute approximate surface area is 147 Å². The standard InChI is InChI=1S/C16H13ClN6O2/c1-8-2-4-10(13(6-8)23(24)25)14-11-7-9(17)3-5-12(11)20-16(21-14)22-15(18)19/h2-7H,1H3,(H4,18,19,20,21,22). The Morgan fingerprint density at radius 3 is 2.64 bits per heavy atom. The highest BCUT2D eigenvalue weighted by atomic mass is 35.5. The number of nitro benzene ring substituents is 1. The van der Waals surface area contributed by atoms with Gasteiger partial charge in [-0.1, -0.05) is 17.7 Å². The fourth-order valence-electron chi connectivity index (χ4n) is 2.45. The first-order valence-electron chi connectivity index (χ1n) is 7.17. The minimum Gasteiger partial charge on any atom is -0.370 e. The van der Waals surface area contributed by atoms with Crippen molar-refractivity contribution < 1.29 is 4.92 Å². The number of rotatable bonds is 3. The summed E-state index contributed by atoms with van der Waals surface area (Å²) in [6.07, 6.45) is 0. The number of aryl methyl sites for hydroxylation is 1. The minimum absolute atomic E-state index is 0.0136. The first-order valence-corrected chi connectivity index (χ1v) is 7.55. The summed E-state index contributed by atoms with van der Waals surface area (Å²) >= 11 is 6.07. The minimum atomic E-state index is -0.457. The van der Waals surface area contributed by atoms with Crippen molar-refractivity contribution in [1.29, 1.82) is 0 Å². The summed E-state index contributed by atoms with van der Waals surface area (Å²) in [4.78, 5) is 23.4. The molecule has 1 heterocycles. The van der Waals surface area contributed by atoms with Crippen LogP contribution in [0.1, 0.15) is 5.56 Å². The Bertz CT molecular complexity index is 1030. The lowest BCUT2D eigenvalue weighted by atomic mass is 10.0. The van der Waals surface area contributed by atoms with Crippen LogP contribution in [0.15, 0.2) is 41.4 Å². The molecule has 0 bridgehead atoms. The number of aromatic nitrogens is 2. The van der Waals surface area contributed by atoms with Crippen LogP contribution in [-0.4, -0.2) is 20.9 Å². The van der Waals surface area contributed by atoms with Gasteiger partial charge in [0.1, 0.15) is 0 Å². The van der Waals surface area contributed by atoms with Crippen molar-refractivity contribution in [3.63, 3.8) is 0 Å². The molecule has 9 heteroatoms. The van der Waals surface area contributed by atoms with Crippen molar-refractivity contribution in [2.24, 2.45) is 16.5 Å². The number of hydrogen-bond donors (Lipinski definition) is 2. The molecule has 0 aliphatic rings. The Balaban J connectivity index is 2.40. The molecule has 0 saturated heterocycles. The number of benzene rings is 2. The molecule has 0 unspecified atom stereocenters. The molecule has 0 spiro atoms. The highest BCUT2D eigenvalue weighted by Gasteiger charge is 2.20. The molecule has 0 amide bonds. The molecule has 3 rings (SSSR count). The van der Waals surface area contributed by atoms with Gasteiger partial charge in [-0.05, 0) is 36.8 Å². The maximum Gasteiger partial charge on any atom is 0.279 e. The maximum absolute atomic E-state index is 11.5. The summed E-state index contributed by atoms with van der Waals surface area (Å²) < 4.78 is 0. The normalized spacial score (nSPS) is 10.6. The van der Waals surface area contributed by atoms with Crippen molar-refractivity contribution in [3.8, 4) is 11.3 Å². The van der Waals surface area contributed by atoms with Crippen molar-refractivity contribution in [2.45, 2.75) is 6.92 Å². The lowest BCUT2D eigenvalue weighted by molar-refractivity contribution is -0.384. The smallest absolute Gasteiger partial charge is 0.279 e. The van der Waals surface area contributed by atoms with Crippen LogP contribution in [0.5, 0.6) is 0 Å². The number of hydrogen-bond acceptors (Lipinski definition) is 5. The number of fused-ring (bicyclic) bond motifs is 1. The van der Waals surface area contributed by atoms with Gasteiger partial charge in [-0.3, -0.25) is 10.1 Å². The molecule has 8 nitrogen and oxygen atoms in total. The Morgan fingerprint density at radius 1 is 1.20 bits per heavy atom. The highest BCUT2D eigenvalue weighted by molar-refractivity contribution is 6.31. The van der Waals surface area contributed by atoms with E-state index in [1.54, 1.807) is 37.3 Å². The van der Waals surface area contributed by atoms with Gasteiger partial charge in [-0.25, -0.2) is 9.97 Å². The molecule has 0 atom stereocenters. The van der Waals surface area contributed by atoms with Crippen LogP contribution in [0.4, 0.5) is 11.6 Å². The third kappa shape index (κ3) is 3.33. The van der Waals surface area contributed by atoms with E-state index in [4.69, 9.17) is 23.1 Å². The molecule has 126 valence electrons. The third-order valence-corrected chi connectivity index (χ3v) is 3.72. The van der Waals surface area contributed by atoms with Crippen LogP contribution >= 0.6 is 11.6 Å². The van der Waals surface area contributed by atoms with E-state index in [1.165, 1.54) is 6.07 Å². The lowest BCUT2D eigenvalue weighted by Crippen LogP contribution is -2.22. The number of nitrogens with zero attached hydrogens (tertiary/aromatic N) is 4. The van der Waals surface area contributed by atoms with E-state index in [0.29, 0.717) is 27.2 Å². The van der Waals surface area contributed by atoms with Crippen molar-refractivity contribution in [3.05, 3.63) is 57.1 Å². The fraction of sp³-hybridized carbons (Fsp3) is 0.0625. The van der Waals surface area contributed by atoms with E-state index < -0.39 is 4.92 Å². The summed E-state index contributed by atoms with van der Waals surface area (Å²) in [5.74, 6) is -0.197. The van der Waals surface area contributed by atoms with Crippen molar-refractivity contribution in [2.75, 3.05) is 0 Å². The second kappa shape index (κ2) is 6.33. The van der Waals surface area contributed by atoms with E-state index in [2.05, 4.69) is 15.0 Å². The van der Waals surface area contributed by atoms with Gasteiger partial charge in [0, 0.05) is 16.5 Å². The molecule has 2 aromatic carbocycles. The molecule has 4 N–H and O–H groups in total. The predicted octanol–water partition coefficient (Wildman–Crippen LogP) is 3.07. The summed E-state index contributed by atoms with van der Waals surface area (Å²) in [5, 5.41) is 12.5. The van der Waals surface area contributed by atoms with Crippen LogP contribution in [0, 0.1) is 17.0 Å². The van der Waals surface area contributed by atoms with Crippen LogP contribution in [0.3, 0.4) is 0 Å². The molecule has 0 aliphatic carbocycles. The Morgan fingerprint density at radius 2 is 1.96 bits per heavy atom. The van der Waals surface area contributed by atoms with E-state index in [1.807, 2.05) is 0 Å². The van der Waals surface area contributed by atoms with Crippen LogP contribution in [-0.2, 0) is 0 Å². The molecule has 1 aromatic heterocycles. The molecule has 3 aromatic rings. The van der Waals surface area contributed by atoms with Crippen LogP contribution in [0.2, 0.25) is 5.02 Å². The SMILES string of the molecule is Cc1ccc(-c2nc(N=C(N)N)nc3ccc(Cl)cc23)c([N+](=O)[O-])c1. The summed E-state index contributed by atoms with van der Waals surface area (Å²) in [7, 11) is 0. The van der Waals surface area contributed by atoms with E-state index in [9.17, 15) is 10.1 Å². The predicted molar refractivity (Wildman–Crippen MR) is 96.8 cm³/mol. The van der Waals surface area contributed by atoms with Crippen molar-refractivity contribution in [1.82, 2.24) is 9.97 Å². The van der Waals surface area contributed by atoms with E-state index >= 15 is 0 Å². The quantitative estimate of drug-likeness (QED) is 0.320. The number of aliphatic imine (C=N–C) groups is 1. The van der Waals surface area contributed by atoms with Crippen molar-refractivity contribution >= 4 is 40.1 Å². The molecular weight excluding hydrogens is 344 g/mol. The number of nitrogens with two attached hydrogens (primary N) is 2. The largest absolute Gasteiger partial charge is 0.370 e. The zero-order valence-corrected chi connectivity index (χ0v) is 13.9. The van der Waals surface area contributed by atoms with Gasteiger partial charge in [0.15, 0.2) is 5.96 Å². The Kier molecular flexibility index (Phi) is 4.20. The third-order valence-electron chi connectivity index (χ3n) is 3.48. The average molecular weight is 357 g/mol. The number of halogens is 1. The van der Waals surface area contributed by atoms with Gasteiger partial charge in [0.25, 0.3) is 11.6 Å². The van der Waals surface area contributed by atoms with Gasteiger partial charge in [-0.15, -0.1) is 0 Å². The summed E-state index contributed by atoms with van der Waals surface area (Å²) in [5.41, 5.74) is 12.7. The molecule has 0 aliphatic heterocycles. The number of guanidine groups is 1. The fourth-order valence-corrected chi connectivity index (χ4v) is 2.62. The van der Waals surface area contributed by atoms with Gasteiger partial charge in [0.2, 0.25) is 0 Å². The molecule has 0 saturated carbocycles. The van der Waals surface area contributed by atoms with Crippen LogP contribution < -0.4 is 11.5 Å². The van der Waals surface area contributed by atoms with Gasteiger partial charge in [0.05, 0.1) is 21.7 Å². The molecule has 25 heavy (non-hydrogen) atoms. The zero-order chi connectivity index (χ0) is 18.1. The second-order valence-corrected chi connectivity index (χ2v) is 5.78. The Hall–Kier alpha value is -3.26. The average Bonchev–Trinajstić information content (AvgIpc) is 2.54.